The van der Waals surface area contributed by atoms with Crippen molar-refractivity contribution in [2.75, 3.05) is 7.11 Å². The van der Waals surface area contributed by atoms with E-state index in [1.54, 1.807) is 7.11 Å². The summed E-state index contributed by atoms with van der Waals surface area (Å²) < 4.78 is 6.27. The lowest BCUT2D eigenvalue weighted by Gasteiger charge is -2.21. The third kappa shape index (κ3) is 2.04. The average molecular weight is 284 g/mol. The van der Waals surface area contributed by atoms with E-state index in [-0.39, 0.29) is 11.5 Å². The van der Waals surface area contributed by atoms with Gasteiger partial charge in [0.2, 0.25) is 0 Å². The first-order valence-corrected chi connectivity index (χ1v) is 6.43. The number of methoxy groups -OCH3 is 1. The van der Waals surface area contributed by atoms with Crippen molar-refractivity contribution in [3.05, 3.63) is 33.8 Å². The lowest BCUT2D eigenvalue weighted by Crippen LogP contribution is -2.31. The van der Waals surface area contributed by atoms with Gasteiger partial charge in [0.15, 0.2) is 0 Å². The van der Waals surface area contributed by atoms with Crippen LogP contribution < -0.4 is 5.73 Å². The van der Waals surface area contributed by atoms with Gasteiger partial charge in [0.1, 0.15) is 0 Å². The molecule has 0 heterocycles. The van der Waals surface area contributed by atoms with Gasteiger partial charge in [-0.25, -0.2) is 0 Å². The normalized spacial score (nSPS) is 19.5. The Morgan fingerprint density at radius 1 is 1.50 bits per heavy atom. The molecule has 2 nitrogen and oxygen atoms in total. The largest absolute Gasteiger partial charge is 0.380 e. The summed E-state index contributed by atoms with van der Waals surface area (Å²) in [5.41, 5.74) is 8.84. The van der Waals surface area contributed by atoms with Crippen molar-refractivity contribution in [3.63, 3.8) is 0 Å². The van der Waals surface area contributed by atoms with Crippen LogP contribution in [-0.2, 0) is 16.8 Å². The molecule has 1 aliphatic carbocycles. The molecule has 1 atom stereocenters. The molecule has 1 saturated carbocycles. The average Bonchev–Trinajstić information content (AvgIpc) is 3.02. The number of halogens is 1. The maximum absolute atomic E-state index is 6.07. The van der Waals surface area contributed by atoms with Crippen molar-refractivity contribution in [1.82, 2.24) is 0 Å². The minimum atomic E-state index is 0.229. The van der Waals surface area contributed by atoms with E-state index in [1.165, 1.54) is 24.0 Å². The molecule has 3 heteroatoms. The summed E-state index contributed by atoms with van der Waals surface area (Å²) in [6.07, 6.45) is 2.42. The Labute approximate surface area is 105 Å². The lowest BCUT2D eigenvalue weighted by molar-refractivity contribution is 0.184. The highest BCUT2D eigenvalue weighted by atomic mass is 79.9. The van der Waals surface area contributed by atoms with Crippen LogP contribution in [0.1, 0.15) is 30.9 Å². The monoisotopic (exact) mass is 283 g/mol. The van der Waals surface area contributed by atoms with Crippen molar-refractivity contribution < 1.29 is 4.74 Å². The van der Waals surface area contributed by atoms with Gasteiger partial charge in [-0.1, -0.05) is 28.1 Å². The van der Waals surface area contributed by atoms with Gasteiger partial charge in [0.25, 0.3) is 0 Å². The zero-order valence-electron chi connectivity index (χ0n) is 9.79. The second-order valence-electron chi connectivity index (χ2n) is 4.68. The first kappa shape index (κ1) is 12.1. The van der Waals surface area contributed by atoms with E-state index in [0.29, 0.717) is 6.61 Å². The third-order valence-corrected chi connectivity index (χ3v) is 4.33. The van der Waals surface area contributed by atoms with Crippen LogP contribution in [0, 0.1) is 0 Å². The van der Waals surface area contributed by atoms with E-state index in [4.69, 9.17) is 10.5 Å². The van der Waals surface area contributed by atoms with Gasteiger partial charge < -0.3 is 10.5 Å². The molecule has 2 N–H and O–H groups in total. The van der Waals surface area contributed by atoms with Gasteiger partial charge in [-0.05, 0) is 37.0 Å². The Bertz CT molecular complexity index is 386. The van der Waals surface area contributed by atoms with Crippen molar-refractivity contribution in [2.24, 2.45) is 5.73 Å². The van der Waals surface area contributed by atoms with Gasteiger partial charge in [0.05, 0.1) is 6.61 Å². The van der Waals surface area contributed by atoms with Gasteiger partial charge in [0, 0.05) is 23.0 Å². The smallest absolute Gasteiger partial charge is 0.0724 e. The highest BCUT2D eigenvalue weighted by molar-refractivity contribution is 9.10. The SMILES string of the molecule is COCc1ccc(C2(C(C)N)CC2)cc1Br. The second kappa shape index (κ2) is 4.47. The summed E-state index contributed by atoms with van der Waals surface area (Å²) >= 11 is 3.60. The minimum Gasteiger partial charge on any atom is -0.380 e. The summed E-state index contributed by atoms with van der Waals surface area (Å²) in [4.78, 5) is 0. The lowest BCUT2D eigenvalue weighted by atomic mass is 9.89. The highest BCUT2D eigenvalue weighted by Gasteiger charge is 2.47. The predicted octanol–water partition coefficient (Wildman–Crippen LogP) is 2.97. The highest BCUT2D eigenvalue weighted by Crippen LogP contribution is 2.50. The van der Waals surface area contributed by atoms with Crippen molar-refractivity contribution in [3.8, 4) is 0 Å². The van der Waals surface area contributed by atoms with Gasteiger partial charge in [-0.3, -0.25) is 0 Å². The van der Waals surface area contributed by atoms with E-state index in [1.807, 2.05) is 0 Å². The molecule has 1 unspecified atom stereocenters. The Morgan fingerprint density at radius 2 is 2.19 bits per heavy atom. The van der Waals surface area contributed by atoms with E-state index in [9.17, 15) is 0 Å². The molecule has 0 amide bonds. The maximum atomic E-state index is 6.07. The van der Waals surface area contributed by atoms with Crippen molar-refractivity contribution in [1.29, 1.82) is 0 Å². The van der Waals surface area contributed by atoms with Gasteiger partial charge in [-0.2, -0.15) is 0 Å². The molecule has 1 aromatic carbocycles. The van der Waals surface area contributed by atoms with Crippen LogP contribution in [0.3, 0.4) is 0 Å². The first-order chi connectivity index (χ1) is 7.60. The molecule has 0 saturated heterocycles. The van der Waals surface area contributed by atoms with Crippen LogP contribution in [-0.4, -0.2) is 13.2 Å². The number of hydrogen-bond donors (Lipinski definition) is 1. The topological polar surface area (TPSA) is 35.2 Å². The number of nitrogens with two attached hydrogens (primary N) is 1. The summed E-state index contributed by atoms with van der Waals surface area (Å²) in [6.45, 7) is 2.75. The van der Waals surface area contributed by atoms with Gasteiger partial charge >= 0.3 is 0 Å². The van der Waals surface area contributed by atoms with Crippen LogP contribution in [0.2, 0.25) is 0 Å². The molecular weight excluding hydrogens is 266 g/mol. The van der Waals surface area contributed by atoms with Crippen LogP contribution in [0.4, 0.5) is 0 Å². The molecule has 0 spiro atoms. The van der Waals surface area contributed by atoms with Crippen molar-refractivity contribution >= 4 is 15.9 Å². The predicted molar refractivity (Wildman–Crippen MR) is 69.4 cm³/mol. The fourth-order valence-corrected chi connectivity index (χ4v) is 2.76. The van der Waals surface area contributed by atoms with Crippen LogP contribution in [0.25, 0.3) is 0 Å². The Hall–Kier alpha value is -0.380. The Balaban J connectivity index is 2.28. The molecule has 0 radical (unpaired) electrons. The number of benzene rings is 1. The van der Waals surface area contributed by atoms with Crippen LogP contribution >= 0.6 is 15.9 Å². The zero-order chi connectivity index (χ0) is 11.8. The summed E-state index contributed by atoms with van der Waals surface area (Å²) in [6, 6.07) is 6.75. The molecule has 0 aliphatic heterocycles. The molecule has 1 aliphatic rings. The number of hydrogen-bond acceptors (Lipinski definition) is 2. The minimum absolute atomic E-state index is 0.229. The van der Waals surface area contributed by atoms with Crippen LogP contribution in [0.5, 0.6) is 0 Å². The Kier molecular flexibility index (Phi) is 3.38. The molecule has 0 bridgehead atoms. The fraction of sp³-hybridized carbons (Fsp3) is 0.538. The Morgan fingerprint density at radius 3 is 2.62 bits per heavy atom. The standard InChI is InChI=1S/C13H18BrNO/c1-9(15)13(5-6-13)11-4-3-10(8-16-2)12(14)7-11/h3-4,7,9H,5-6,8,15H2,1-2H3. The fourth-order valence-electron chi connectivity index (χ4n) is 2.27. The second-order valence-corrected chi connectivity index (χ2v) is 5.54. The number of ether oxygens (including phenoxy) is 1. The van der Waals surface area contributed by atoms with E-state index >= 15 is 0 Å². The maximum Gasteiger partial charge on any atom is 0.0724 e. The molecule has 2 rings (SSSR count). The molecule has 0 aromatic heterocycles. The molecular formula is C13H18BrNO. The first-order valence-electron chi connectivity index (χ1n) is 5.63. The molecule has 1 aromatic rings. The quantitative estimate of drug-likeness (QED) is 0.922. The summed E-state index contributed by atoms with van der Waals surface area (Å²) in [7, 11) is 1.71. The van der Waals surface area contributed by atoms with E-state index in [2.05, 4.69) is 41.1 Å². The van der Waals surface area contributed by atoms with Crippen LogP contribution in [0.15, 0.2) is 22.7 Å². The third-order valence-electron chi connectivity index (χ3n) is 3.59. The van der Waals surface area contributed by atoms with E-state index in [0.717, 1.165) is 4.47 Å². The number of rotatable bonds is 4. The molecule has 1 fully saturated rings. The van der Waals surface area contributed by atoms with Gasteiger partial charge in [-0.15, -0.1) is 0 Å². The summed E-state index contributed by atoms with van der Waals surface area (Å²) in [5.74, 6) is 0. The molecule has 16 heavy (non-hydrogen) atoms. The van der Waals surface area contributed by atoms with Crippen molar-refractivity contribution in [2.45, 2.75) is 37.8 Å². The molecule has 88 valence electrons. The summed E-state index contributed by atoms with van der Waals surface area (Å²) in [5, 5.41) is 0. The van der Waals surface area contributed by atoms with E-state index < -0.39 is 0 Å². The zero-order valence-corrected chi connectivity index (χ0v) is 11.4.